The van der Waals surface area contributed by atoms with Crippen LogP contribution < -0.4 is 10.3 Å². The number of aliphatic hydroxyl groups excluding tert-OH is 1. The van der Waals surface area contributed by atoms with Crippen molar-refractivity contribution in [2.24, 2.45) is 0 Å². The summed E-state index contributed by atoms with van der Waals surface area (Å²) in [7, 11) is 0. The van der Waals surface area contributed by atoms with Crippen molar-refractivity contribution in [3.63, 3.8) is 0 Å². The third kappa shape index (κ3) is 2.35. The number of rotatable bonds is 4. The van der Waals surface area contributed by atoms with Gasteiger partial charge in [-0.05, 0) is 0 Å². The molecule has 0 radical (unpaired) electrons. The summed E-state index contributed by atoms with van der Waals surface area (Å²) in [6.45, 7) is 0.349. The summed E-state index contributed by atoms with van der Waals surface area (Å²) < 4.78 is 4.96. The van der Waals surface area contributed by atoms with Gasteiger partial charge < -0.3 is 14.8 Å². The van der Waals surface area contributed by atoms with Gasteiger partial charge >= 0.3 is 5.56 Å². The first kappa shape index (κ1) is 8.73. The summed E-state index contributed by atoms with van der Waals surface area (Å²) in [4.78, 5) is 17.0. The smallest absolute Gasteiger partial charge is 0.310 e. The Morgan fingerprint density at radius 3 is 3.17 bits per heavy atom. The van der Waals surface area contributed by atoms with E-state index in [2.05, 4.69) is 9.97 Å². The molecule has 0 amide bonds. The molecule has 0 aliphatic rings. The van der Waals surface area contributed by atoms with Crippen molar-refractivity contribution in [2.75, 3.05) is 13.2 Å². The standard InChI is InChI=1S/C7H10N2O3/c10-4-1-5-12-7-6(11)8-2-3-9-7/h2-3,10H,1,4-5H2,(H,8,11). The van der Waals surface area contributed by atoms with Gasteiger partial charge in [0.15, 0.2) is 0 Å². The van der Waals surface area contributed by atoms with Gasteiger partial charge in [-0.15, -0.1) is 0 Å². The number of aromatic nitrogens is 2. The maximum atomic E-state index is 10.9. The van der Waals surface area contributed by atoms with Crippen molar-refractivity contribution >= 4 is 0 Å². The lowest BCUT2D eigenvalue weighted by Gasteiger charge is -2.00. The first-order valence-electron chi connectivity index (χ1n) is 3.62. The largest absolute Gasteiger partial charge is 0.474 e. The Balaban J connectivity index is 2.52. The van der Waals surface area contributed by atoms with E-state index in [1.807, 2.05) is 0 Å². The van der Waals surface area contributed by atoms with Crippen LogP contribution in [0.15, 0.2) is 17.2 Å². The molecule has 1 aromatic rings. The molecule has 0 aliphatic carbocycles. The molecule has 2 N–H and O–H groups in total. The molecule has 0 aliphatic heterocycles. The average molecular weight is 170 g/mol. The predicted octanol–water partition coefficient (Wildman–Crippen LogP) is -0.469. The fraction of sp³-hybridized carbons (Fsp3) is 0.429. The highest BCUT2D eigenvalue weighted by Gasteiger charge is 1.98. The van der Waals surface area contributed by atoms with E-state index in [0.717, 1.165) is 0 Å². The fourth-order valence-electron chi connectivity index (χ4n) is 0.674. The van der Waals surface area contributed by atoms with Gasteiger partial charge in [0.05, 0.1) is 6.61 Å². The molecule has 0 fully saturated rings. The highest BCUT2D eigenvalue weighted by molar-refractivity contribution is 5.01. The van der Waals surface area contributed by atoms with Crippen molar-refractivity contribution < 1.29 is 9.84 Å². The number of hydrogen-bond donors (Lipinski definition) is 2. The zero-order valence-corrected chi connectivity index (χ0v) is 6.49. The van der Waals surface area contributed by atoms with Crippen LogP contribution in [0.25, 0.3) is 0 Å². The van der Waals surface area contributed by atoms with Gasteiger partial charge in [0.1, 0.15) is 0 Å². The normalized spacial score (nSPS) is 9.75. The van der Waals surface area contributed by atoms with Crippen molar-refractivity contribution in [1.82, 2.24) is 9.97 Å². The number of aromatic amines is 1. The summed E-state index contributed by atoms with van der Waals surface area (Å²) in [6, 6.07) is 0. The van der Waals surface area contributed by atoms with Crippen molar-refractivity contribution in [2.45, 2.75) is 6.42 Å². The summed E-state index contributed by atoms with van der Waals surface area (Å²) in [6.07, 6.45) is 3.37. The Morgan fingerprint density at radius 1 is 1.67 bits per heavy atom. The average Bonchev–Trinajstić information content (AvgIpc) is 2.09. The van der Waals surface area contributed by atoms with Crippen molar-refractivity contribution in [1.29, 1.82) is 0 Å². The van der Waals surface area contributed by atoms with E-state index in [-0.39, 0.29) is 18.0 Å². The molecule has 66 valence electrons. The number of aliphatic hydroxyl groups is 1. The minimum absolute atomic E-state index is 0.0464. The Kier molecular flexibility index (Phi) is 3.28. The second-order valence-corrected chi connectivity index (χ2v) is 2.15. The van der Waals surface area contributed by atoms with Gasteiger partial charge in [-0.2, -0.15) is 0 Å². The number of hydrogen-bond acceptors (Lipinski definition) is 4. The van der Waals surface area contributed by atoms with Crippen LogP contribution in [0.4, 0.5) is 0 Å². The highest BCUT2D eigenvalue weighted by Crippen LogP contribution is 1.93. The molecule has 1 rings (SSSR count). The molecule has 5 nitrogen and oxygen atoms in total. The van der Waals surface area contributed by atoms with E-state index in [9.17, 15) is 4.79 Å². The van der Waals surface area contributed by atoms with E-state index in [1.54, 1.807) is 0 Å². The van der Waals surface area contributed by atoms with Crippen molar-refractivity contribution in [3.8, 4) is 5.88 Å². The second-order valence-electron chi connectivity index (χ2n) is 2.15. The predicted molar refractivity (Wildman–Crippen MR) is 42.1 cm³/mol. The number of nitrogens with one attached hydrogen (secondary N) is 1. The first-order chi connectivity index (χ1) is 5.84. The molecule has 0 spiro atoms. The van der Waals surface area contributed by atoms with Crippen LogP contribution >= 0.6 is 0 Å². The summed E-state index contributed by atoms with van der Waals surface area (Å²) in [5.41, 5.74) is -0.351. The molecule has 12 heavy (non-hydrogen) atoms. The van der Waals surface area contributed by atoms with E-state index < -0.39 is 0 Å². The minimum atomic E-state index is -0.351. The SMILES string of the molecule is O=c1[nH]ccnc1OCCCO. The monoisotopic (exact) mass is 170 g/mol. The Labute approximate surface area is 69.0 Å². The third-order valence-electron chi connectivity index (χ3n) is 1.22. The van der Waals surface area contributed by atoms with E-state index in [0.29, 0.717) is 13.0 Å². The van der Waals surface area contributed by atoms with Gasteiger partial charge in [0.2, 0.25) is 0 Å². The molecule has 1 heterocycles. The number of nitrogens with zero attached hydrogens (tertiary/aromatic N) is 1. The molecule has 0 unspecified atom stereocenters. The molecule has 1 aromatic heterocycles. The molecule has 5 heteroatoms. The maximum absolute atomic E-state index is 10.9. The third-order valence-corrected chi connectivity index (χ3v) is 1.22. The van der Waals surface area contributed by atoms with E-state index in [4.69, 9.17) is 9.84 Å². The van der Waals surface area contributed by atoms with E-state index >= 15 is 0 Å². The molecular formula is C7H10N2O3. The summed E-state index contributed by atoms with van der Waals surface area (Å²) in [5, 5.41) is 8.43. The zero-order valence-electron chi connectivity index (χ0n) is 6.49. The summed E-state index contributed by atoms with van der Waals surface area (Å²) in [5.74, 6) is 0.0472. The van der Waals surface area contributed by atoms with Crippen LogP contribution in [-0.2, 0) is 0 Å². The molecule has 0 saturated heterocycles. The second kappa shape index (κ2) is 4.50. The van der Waals surface area contributed by atoms with Crippen LogP contribution in [-0.4, -0.2) is 28.3 Å². The first-order valence-corrected chi connectivity index (χ1v) is 3.62. The maximum Gasteiger partial charge on any atom is 0.310 e. The van der Waals surface area contributed by atoms with Crippen molar-refractivity contribution in [3.05, 3.63) is 22.7 Å². The quantitative estimate of drug-likeness (QED) is 0.599. The molecule has 0 atom stereocenters. The topological polar surface area (TPSA) is 75.2 Å². The van der Waals surface area contributed by atoms with E-state index in [1.165, 1.54) is 12.4 Å². The Hall–Kier alpha value is -1.36. The van der Waals surface area contributed by atoms with Crippen LogP contribution in [0.1, 0.15) is 6.42 Å². The van der Waals surface area contributed by atoms with Gasteiger partial charge in [-0.1, -0.05) is 0 Å². The zero-order chi connectivity index (χ0) is 8.81. The molecule has 0 saturated carbocycles. The van der Waals surface area contributed by atoms with Gasteiger partial charge in [-0.25, -0.2) is 4.98 Å². The fourth-order valence-corrected chi connectivity index (χ4v) is 0.674. The summed E-state index contributed by atoms with van der Waals surface area (Å²) >= 11 is 0. The highest BCUT2D eigenvalue weighted by atomic mass is 16.5. The van der Waals surface area contributed by atoms with Crippen LogP contribution in [0.5, 0.6) is 5.88 Å². The lowest BCUT2D eigenvalue weighted by atomic mass is 10.5. The Bertz CT molecular complexity index is 284. The lowest BCUT2D eigenvalue weighted by Crippen LogP contribution is -2.13. The van der Waals surface area contributed by atoms with Gasteiger partial charge in [-0.3, -0.25) is 4.79 Å². The van der Waals surface area contributed by atoms with Crippen LogP contribution in [0.2, 0.25) is 0 Å². The minimum Gasteiger partial charge on any atom is -0.474 e. The Morgan fingerprint density at radius 2 is 2.50 bits per heavy atom. The number of ether oxygens (including phenoxy) is 1. The molecule has 0 bridgehead atoms. The van der Waals surface area contributed by atoms with Gasteiger partial charge in [0.25, 0.3) is 5.88 Å². The van der Waals surface area contributed by atoms with Crippen LogP contribution in [0.3, 0.4) is 0 Å². The number of H-pyrrole nitrogens is 1. The van der Waals surface area contributed by atoms with Gasteiger partial charge in [0, 0.05) is 25.4 Å². The molecular weight excluding hydrogens is 160 g/mol. The lowest BCUT2D eigenvalue weighted by molar-refractivity contribution is 0.227. The van der Waals surface area contributed by atoms with Crippen LogP contribution in [0, 0.1) is 0 Å². The molecule has 0 aromatic carbocycles.